The molecule has 1 aliphatic carbocycles. The molecule has 0 radical (unpaired) electrons. The highest BCUT2D eigenvalue weighted by Crippen LogP contribution is 2.32. The first kappa shape index (κ1) is 19.5. The SMILES string of the molecule is COc1ccc(N2CC[NH+](CC(=O)N(C3CC3)[C@@H]3CCS(=O)(=O)C3)CC2)cc1. The molecule has 8 heteroatoms. The van der Waals surface area contributed by atoms with Crippen LogP contribution in [0.3, 0.4) is 0 Å². The minimum atomic E-state index is -2.97. The van der Waals surface area contributed by atoms with Gasteiger partial charge in [0.25, 0.3) is 5.91 Å². The Morgan fingerprint density at radius 2 is 1.82 bits per heavy atom. The maximum Gasteiger partial charge on any atom is 0.278 e. The van der Waals surface area contributed by atoms with E-state index >= 15 is 0 Å². The molecule has 1 saturated carbocycles. The summed E-state index contributed by atoms with van der Waals surface area (Å²) in [4.78, 5) is 18.6. The quantitative estimate of drug-likeness (QED) is 0.692. The fourth-order valence-corrected chi connectivity index (χ4v) is 6.12. The first-order chi connectivity index (χ1) is 13.4. The van der Waals surface area contributed by atoms with Crippen LogP contribution in [-0.4, -0.2) is 82.6 Å². The highest BCUT2D eigenvalue weighted by atomic mass is 32.2. The van der Waals surface area contributed by atoms with E-state index in [0.29, 0.717) is 13.0 Å². The number of amides is 1. The van der Waals surface area contributed by atoms with Crippen molar-refractivity contribution in [2.24, 2.45) is 0 Å². The Morgan fingerprint density at radius 3 is 2.36 bits per heavy atom. The predicted octanol–water partition coefficient (Wildman–Crippen LogP) is -0.422. The third-order valence-corrected chi connectivity index (χ3v) is 7.89. The molecule has 2 aliphatic heterocycles. The summed E-state index contributed by atoms with van der Waals surface area (Å²) in [5, 5.41) is 0. The van der Waals surface area contributed by atoms with E-state index in [0.717, 1.165) is 44.8 Å². The van der Waals surface area contributed by atoms with Crippen molar-refractivity contribution in [1.82, 2.24) is 4.90 Å². The number of carbonyl (C=O) groups is 1. The van der Waals surface area contributed by atoms with Crippen LogP contribution >= 0.6 is 0 Å². The molecule has 2 heterocycles. The van der Waals surface area contributed by atoms with Crippen LogP contribution in [0.2, 0.25) is 0 Å². The fourth-order valence-electron chi connectivity index (χ4n) is 4.41. The Bertz CT molecular complexity index is 799. The van der Waals surface area contributed by atoms with Crippen molar-refractivity contribution in [2.75, 3.05) is 56.2 Å². The zero-order chi connectivity index (χ0) is 19.7. The Morgan fingerprint density at radius 1 is 1.14 bits per heavy atom. The van der Waals surface area contributed by atoms with Gasteiger partial charge in [0, 0.05) is 17.8 Å². The average Bonchev–Trinajstić information content (AvgIpc) is 3.45. The van der Waals surface area contributed by atoms with Gasteiger partial charge in [-0.25, -0.2) is 8.42 Å². The summed E-state index contributed by atoms with van der Waals surface area (Å²) in [6.45, 7) is 4.13. The molecule has 1 amide bonds. The number of quaternary nitrogens is 1. The van der Waals surface area contributed by atoms with Gasteiger partial charge in [0.05, 0.1) is 44.8 Å². The number of nitrogens with zero attached hydrogens (tertiary/aromatic N) is 2. The van der Waals surface area contributed by atoms with Gasteiger partial charge in [0.1, 0.15) is 5.75 Å². The van der Waals surface area contributed by atoms with Gasteiger partial charge < -0.3 is 19.4 Å². The molecular weight excluding hydrogens is 378 g/mol. The van der Waals surface area contributed by atoms with Gasteiger partial charge >= 0.3 is 0 Å². The molecule has 0 unspecified atom stereocenters. The first-order valence-corrected chi connectivity index (χ1v) is 12.0. The van der Waals surface area contributed by atoms with Crippen LogP contribution in [0.1, 0.15) is 19.3 Å². The number of nitrogens with one attached hydrogen (secondary N) is 1. The van der Waals surface area contributed by atoms with Crippen molar-refractivity contribution >= 4 is 21.4 Å². The monoisotopic (exact) mass is 408 g/mol. The Hall–Kier alpha value is -1.80. The normalized spacial score (nSPS) is 24.9. The van der Waals surface area contributed by atoms with Crippen molar-refractivity contribution in [2.45, 2.75) is 31.3 Å². The summed E-state index contributed by atoms with van der Waals surface area (Å²) in [6, 6.07) is 8.26. The van der Waals surface area contributed by atoms with Crippen LogP contribution in [-0.2, 0) is 14.6 Å². The number of carbonyl (C=O) groups excluding carboxylic acids is 1. The van der Waals surface area contributed by atoms with Crippen LogP contribution in [0.5, 0.6) is 5.75 Å². The van der Waals surface area contributed by atoms with Gasteiger partial charge in [-0.2, -0.15) is 0 Å². The number of sulfone groups is 1. The fraction of sp³-hybridized carbons (Fsp3) is 0.650. The van der Waals surface area contributed by atoms with E-state index in [2.05, 4.69) is 17.0 Å². The van der Waals surface area contributed by atoms with Crippen molar-refractivity contribution in [3.05, 3.63) is 24.3 Å². The van der Waals surface area contributed by atoms with Gasteiger partial charge in [-0.1, -0.05) is 0 Å². The zero-order valence-electron chi connectivity index (χ0n) is 16.5. The van der Waals surface area contributed by atoms with Crippen LogP contribution in [0.4, 0.5) is 5.69 Å². The molecule has 2 saturated heterocycles. The van der Waals surface area contributed by atoms with Crippen LogP contribution in [0, 0.1) is 0 Å². The lowest BCUT2D eigenvalue weighted by Gasteiger charge is -2.35. The van der Waals surface area contributed by atoms with E-state index < -0.39 is 9.84 Å². The molecule has 0 bridgehead atoms. The second-order valence-electron chi connectivity index (χ2n) is 8.20. The molecule has 3 fully saturated rings. The lowest BCUT2D eigenvalue weighted by Crippen LogP contribution is -3.16. The number of methoxy groups -OCH3 is 1. The second-order valence-corrected chi connectivity index (χ2v) is 10.4. The summed E-state index contributed by atoms with van der Waals surface area (Å²) in [6.07, 6.45) is 2.64. The second kappa shape index (κ2) is 7.91. The zero-order valence-corrected chi connectivity index (χ0v) is 17.3. The standard InChI is InChI=1S/C20H29N3O4S/c1-27-19-6-4-16(5-7-19)22-11-9-21(10-12-22)14-20(24)23(17-2-3-17)18-8-13-28(25,26)15-18/h4-7,17-18H,2-3,8-15H2,1H3/p+1/t18-/m1/s1. The molecule has 1 aromatic rings. The number of ether oxygens (including phenoxy) is 1. The van der Waals surface area contributed by atoms with E-state index in [9.17, 15) is 13.2 Å². The summed E-state index contributed by atoms with van der Waals surface area (Å²) in [5.74, 6) is 1.36. The highest BCUT2D eigenvalue weighted by molar-refractivity contribution is 7.91. The summed E-state index contributed by atoms with van der Waals surface area (Å²) in [5.41, 5.74) is 1.18. The van der Waals surface area contributed by atoms with Gasteiger partial charge in [-0.3, -0.25) is 4.79 Å². The van der Waals surface area contributed by atoms with Gasteiger partial charge in [-0.05, 0) is 43.5 Å². The average molecular weight is 409 g/mol. The number of hydrogen-bond donors (Lipinski definition) is 1. The Kier molecular flexibility index (Phi) is 5.51. The summed E-state index contributed by atoms with van der Waals surface area (Å²) >= 11 is 0. The number of anilines is 1. The number of hydrogen-bond acceptors (Lipinski definition) is 5. The minimum absolute atomic E-state index is 0.106. The van der Waals surface area contributed by atoms with Crippen LogP contribution < -0.4 is 14.5 Å². The third-order valence-electron chi connectivity index (χ3n) is 6.14. The maximum atomic E-state index is 13.0. The minimum Gasteiger partial charge on any atom is -0.497 e. The number of rotatable bonds is 6. The van der Waals surface area contributed by atoms with Crippen molar-refractivity contribution < 1.29 is 22.8 Å². The van der Waals surface area contributed by atoms with Crippen molar-refractivity contribution in [3.63, 3.8) is 0 Å². The van der Waals surface area contributed by atoms with Crippen molar-refractivity contribution in [3.8, 4) is 5.75 Å². The number of piperazine rings is 1. The first-order valence-electron chi connectivity index (χ1n) is 10.2. The van der Waals surface area contributed by atoms with E-state index in [-0.39, 0.29) is 29.5 Å². The molecule has 3 aliphatic rings. The molecule has 1 atom stereocenters. The highest BCUT2D eigenvalue weighted by Gasteiger charge is 2.43. The predicted molar refractivity (Wildman–Crippen MR) is 108 cm³/mol. The molecule has 7 nitrogen and oxygen atoms in total. The summed E-state index contributed by atoms with van der Waals surface area (Å²) in [7, 11) is -1.31. The maximum absolute atomic E-state index is 13.0. The smallest absolute Gasteiger partial charge is 0.278 e. The van der Waals surface area contributed by atoms with Gasteiger partial charge in [0.2, 0.25) is 0 Å². The van der Waals surface area contributed by atoms with Crippen LogP contribution in [0.25, 0.3) is 0 Å². The van der Waals surface area contributed by atoms with Crippen molar-refractivity contribution in [1.29, 1.82) is 0 Å². The van der Waals surface area contributed by atoms with E-state index in [1.165, 1.54) is 10.6 Å². The molecule has 4 rings (SSSR count). The van der Waals surface area contributed by atoms with E-state index in [1.807, 2.05) is 17.0 Å². The molecule has 28 heavy (non-hydrogen) atoms. The molecule has 154 valence electrons. The third kappa shape index (κ3) is 4.43. The molecular formula is C20H30N3O4S+. The molecule has 0 spiro atoms. The van der Waals surface area contributed by atoms with E-state index in [1.54, 1.807) is 7.11 Å². The van der Waals surface area contributed by atoms with Gasteiger partial charge in [0.15, 0.2) is 16.4 Å². The topological polar surface area (TPSA) is 71.4 Å². The molecule has 1 N–H and O–H groups in total. The summed E-state index contributed by atoms with van der Waals surface area (Å²) < 4.78 is 28.9. The Labute approximate surface area is 167 Å². The largest absolute Gasteiger partial charge is 0.497 e. The lowest BCUT2D eigenvalue weighted by atomic mass is 10.2. The molecule has 0 aromatic heterocycles. The van der Waals surface area contributed by atoms with Gasteiger partial charge in [-0.15, -0.1) is 0 Å². The van der Waals surface area contributed by atoms with Crippen LogP contribution in [0.15, 0.2) is 24.3 Å². The van der Waals surface area contributed by atoms with E-state index in [4.69, 9.17) is 4.74 Å². The lowest BCUT2D eigenvalue weighted by molar-refractivity contribution is -0.892. The molecule has 1 aromatic carbocycles. The number of benzene rings is 1. The Balaban J connectivity index is 1.31.